The van der Waals surface area contributed by atoms with Gasteiger partial charge in [0.15, 0.2) is 0 Å². The highest BCUT2D eigenvalue weighted by atomic mass is 35.5. The Balaban J connectivity index is 0.00000147. The molecular weight excluding hydrogens is 268 g/mol. The van der Waals surface area contributed by atoms with E-state index in [9.17, 15) is 0 Å². The van der Waals surface area contributed by atoms with Crippen LogP contribution in [-0.2, 0) is 6.54 Å². The molecule has 0 spiro atoms. The highest BCUT2D eigenvalue weighted by molar-refractivity contribution is 5.85. The normalized spacial score (nSPS) is 22.0. The predicted octanol–water partition coefficient (Wildman–Crippen LogP) is 3.56. The van der Waals surface area contributed by atoms with Crippen LogP contribution in [0.1, 0.15) is 49.7 Å². The van der Waals surface area contributed by atoms with Gasteiger partial charge in [-0.05, 0) is 55.8 Å². The Morgan fingerprint density at radius 2 is 1.90 bits per heavy atom. The summed E-state index contributed by atoms with van der Waals surface area (Å²) in [5.74, 6) is 0.875. The fourth-order valence-electron chi connectivity index (χ4n) is 3.18. The van der Waals surface area contributed by atoms with Gasteiger partial charge in [-0.1, -0.05) is 31.2 Å². The van der Waals surface area contributed by atoms with Crippen molar-refractivity contribution in [3.63, 3.8) is 0 Å². The zero-order valence-corrected chi connectivity index (χ0v) is 13.3. The first-order valence-electron chi connectivity index (χ1n) is 7.90. The Hall–Kier alpha value is -0.570. The second-order valence-corrected chi connectivity index (χ2v) is 6.13. The number of benzene rings is 1. The lowest BCUT2D eigenvalue weighted by atomic mass is 10.1. The van der Waals surface area contributed by atoms with E-state index in [2.05, 4.69) is 41.4 Å². The number of hydrogen-bond acceptors (Lipinski definition) is 2. The minimum Gasteiger partial charge on any atom is -0.315 e. The fraction of sp³-hybridized carbons (Fsp3) is 0.647. The van der Waals surface area contributed by atoms with E-state index in [1.54, 1.807) is 5.56 Å². The molecule has 1 N–H and O–H groups in total. The van der Waals surface area contributed by atoms with E-state index in [0.717, 1.165) is 18.5 Å². The topological polar surface area (TPSA) is 15.3 Å². The molecule has 112 valence electrons. The first-order valence-corrected chi connectivity index (χ1v) is 7.90. The summed E-state index contributed by atoms with van der Waals surface area (Å²) in [6, 6.07) is 10.1. The van der Waals surface area contributed by atoms with Crippen molar-refractivity contribution in [2.75, 3.05) is 19.6 Å². The maximum absolute atomic E-state index is 3.49. The summed E-state index contributed by atoms with van der Waals surface area (Å²) in [6.07, 6.45) is 5.35. The van der Waals surface area contributed by atoms with E-state index in [-0.39, 0.29) is 12.4 Å². The van der Waals surface area contributed by atoms with Gasteiger partial charge in [-0.3, -0.25) is 4.90 Å². The van der Waals surface area contributed by atoms with Crippen molar-refractivity contribution in [2.24, 2.45) is 0 Å². The summed E-state index contributed by atoms with van der Waals surface area (Å²) in [4.78, 5) is 2.66. The molecule has 1 saturated heterocycles. The Bertz CT molecular complexity index is 394. The second kappa shape index (κ2) is 7.44. The van der Waals surface area contributed by atoms with Crippen LogP contribution >= 0.6 is 12.4 Å². The molecule has 1 aliphatic heterocycles. The molecule has 1 saturated carbocycles. The lowest BCUT2D eigenvalue weighted by Gasteiger charge is -2.28. The maximum atomic E-state index is 3.49. The summed E-state index contributed by atoms with van der Waals surface area (Å²) in [6.45, 7) is 6.97. The molecule has 0 amide bonds. The molecule has 1 atom stereocenters. The van der Waals surface area contributed by atoms with Gasteiger partial charge < -0.3 is 5.32 Å². The summed E-state index contributed by atoms with van der Waals surface area (Å²) in [7, 11) is 0. The lowest BCUT2D eigenvalue weighted by molar-refractivity contribution is 0.199. The Labute approximate surface area is 129 Å². The highest BCUT2D eigenvalue weighted by Crippen LogP contribution is 2.39. The molecule has 2 nitrogen and oxygen atoms in total. The van der Waals surface area contributed by atoms with E-state index in [1.165, 1.54) is 50.9 Å². The number of rotatable bonds is 6. The molecule has 0 aromatic heterocycles. The van der Waals surface area contributed by atoms with Crippen molar-refractivity contribution in [2.45, 2.75) is 51.1 Å². The summed E-state index contributed by atoms with van der Waals surface area (Å²) < 4.78 is 0. The highest BCUT2D eigenvalue weighted by Gasteiger charge is 2.24. The smallest absolute Gasteiger partial charge is 0.0237 e. The number of nitrogens with zero attached hydrogens (tertiary/aromatic N) is 1. The van der Waals surface area contributed by atoms with Crippen LogP contribution in [0, 0.1) is 0 Å². The van der Waals surface area contributed by atoms with Gasteiger partial charge in [0.25, 0.3) is 0 Å². The summed E-state index contributed by atoms with van der Waals surface area (Å²) in [5.41, 5.74) is 3.03. The Kier molecular flexibility index (Phi) is 5.88. The van der Waals surface area contributed by atoms with Crippen LogP contribution in [0.15, 0.2) is 24.3 Å². The average Bonchev–Trinajstić information content (AvgIpc) is 3.14. The van der Waals surface area contributed by atoms with Crippen molar-refractivity contribution in [3.05, 3.63) is 35.4 Å². The summed E-state index contributed by atoms with van der Waals surface area (Å²) in [5, 5.41) is 3.49. The third kappa shape index (κ3) is 3.97. The SMILES string of the molecule is CCCN(Cc1ccc(C2CC2)cc1)C1CCNC1.Cl. The van der Waals surface area contributed by atoms with Crippen LogP contribution in [-0.4, -0.2) is 30.6 Å². The van der Waals surface area contributed by atoms with Gasteiger partial charge in [-0.2, -0.15) is 0 Å². The summed E-state index contributed by atoms with van der Waals surface area (Å²) >= 11 is 0. The largest absolute Gasteiger partial charge is 0.315 e. The minimum atomic E-state index is 0. The van der Waals surface area contributed by atoms with E-state index in [4.69, 9.17) is 0 Å². The van der Waals surface area contributed by atoms with Crippen LogP contribution in [0.2, 0.25) is 0 Å². The van der Waals surface area contributed by atoms with Gasteiger partial charge in [0.05, 0.1) is 0 Å². The van der Waals surface area contributed by atoms with Gasteiger partial charge in [-0.25, -0.2) is 0 Å². The van der Waals surface area contributed by atoms with Gasteiger partial charge in [0.1, 0.15) is 0 Å². The number of hydrogen-bond donors (Lipinski definition) is 1. The first kappa shape index (κ1) is 15.8. The van der Waals surface area contributed by atoms with Crippen molar-refractivity contribution in [1.82, 2.24) is 10.2 Å². The van der Waals surface area contributed by atoms with Crippen molar-refractivity contribution < 1.29 is 0 Å². The minimum absolute atomic E-state index is 0. The molecule has 1 aromatic rings. The zero-order chi connectivity index (χ0) is 13.1. The van der Waals surface area contributed by atoms with E-state index in [0.29, 0.717) is 0 Å². The quantitative estimate of drug-likeness (QED) is 0.863. The van der Waals surface area contributed by atoms with Gasteiger partial charge in [0, 0.05) is 19.1 Å². The molecule has 1 aromatic carbocycles. The second-order valence-electron chi connectivity index (χ2n) is 6.13. The lowest BCUT2D eigenvalue weighted by Crippen LogP contribution is -2.36. The van der Waals surface area contributed by atoms with E-state index < -0.39 is 0 Å². The molecular formula is C17H27ClN2. The van der Waals surface area contributed by atoms with Crippen molar-refractivity contribution >= 4 is 12.4 Å². The van der Waals surface area contributed by atoms with E-state index in [1.807, 2.05) is 0 Å². The molecule has 2 fully saturated rings. The Morgan fingerprint density at radius 1 is 1.15 bits per heavy atom. The molecule has 20 heavy (non-hydrogen) atoms. The standard InChI is InChI=1S/C17H26N2.ClH/c1-2-11-19(17-9-10-18-12-17)13-14-3-5-15(6-4-14)16-7-8-16;/h3-6,16-18H,2,7-13H2,1H3;1H. The van der Waals surface area contributed by atoms with Crippen LogP contribution < -0.4 is 5.32 Å². The third-order valence-electron chi connectivity index (χ3n) is 4.48. The average molecular weight is 295 g/mol. The fourth-order valence-corrected chi connectivity index (χ4v) is 3.18. The monoisotopic (exact) mass is 294 g/mol. The van der Waals surface area contributed by atoms with Gasteiger partial charge in [0.2, 0.25) is 0 Å². The molecule has 2 aliphatic rings. The zero-order valence-electron chi connectivity index (χ0n) is 12.5. The molecule has 1 aliphatic carbocycles. The molecule has 3 rings (SSSR count). The van der Waals surface area contributed by atoms with Crippen LogP contribution in [0.3, 0.4) is 0 Å². The molecule has 0 bridgehead atoms. The van der Waals surface area contributed by atoms with Crippen LogP contribution in [0.5, 0.6) is 0 Å². The van der Waals surface area contributed by atoms with E-state index >= 15 is 0 Å². The predicted molar refractivity (Wildman–Crippen MR) is 87.6 cm³/mol. The number of halogens is 1. The maximum Gasteiger partial charge on any atom is 0.0237 e. The molecule has 1 heterocycles. The van der Waals surface area contributed by atoms with Crippen molar-refractivity contribution in [1.29, 1.82) is 0 Å². The van der Waals surface area contributed by atoms with Crippen molar-refractivity contribution in [3.8, 4) is 0 Å². The number of nitrogens with one attached hydrogen (secondary N) is 1. The molecule has 3 heteroatoms. The third-order valence-corrected chi connectivity index (χ3v) is 4.48. The molecule has 0 radical (unpaired) electrons. The van der Waals surface area contributed by atoms with Crippen LogP contribution in [0.25, 0.3) is 0 Å². The van der Waals surface area contributed by atoms with Gasteiger partial charge >= 0.3 is 0 Å². The van der Waals surface area contributed by atoms with Crippen LogP contribution in [0.4, 0.5) is 0 Å². The van der Waals surface area contributed by atoms with Gasteiger partial charge in [-0.15, -0.1) is 12.4 Å². The first-order chi connectivity index (χ1) is 9.36. The molecule has 1 unspecified atom stereocenters. The Morgan fingerprint density at radius 3 is 2.45 bits per heavy atom.